The van der Waals surface area contributed by atoms with Gasteiger partial charge in [0.05, 0.1) is 51.8 Å². The monoisotopic (exact) mass is 386 g/mol. The van der Waals surface area contributed by atoms with Gasteiger partial charge in [-0.25, -0.2) is 0 Å². The van der Waals surface area contributed by atoms with Crippen molar-refractivity contribution in [3.63, 3.8) is 0 Å². The van der Waals surface area contributed by atoms with Crippen LogP contribution in [0.3, 0.4) is 0 Å². The van der Waals surface area contributed by atoms with Crippen LogP contribution in [-0.4, -0.2) is 60.6 Å². The van der Waals surface area contributed by atoms with Crippen molar-refractivity contribution in [3.8, 4) is 0 Å². The predicted molar refractivity (Wildman–Crippen MR) is 103 cm³/mol. The van der Waals surface area contributed by atoms with Crippen molar-refractivity contribution in [1.82, 2.24) is 9.80 Å². The molecule has 0 spiro atoms. The van der Waals surface area contributed by atoms with E-state index in [1.54, 1.807) is 18.0 Å². The van der Waals surface area contributed by atoms with Crippen molar-refractivity contribution in [2.75, 3.05) is 39.0 Å². The second-order valence-electron chi connectivity index (χ2n) is 7.14. The van der Waals surface area contributed by atoms with Gasteiger partial charge in [-0.15, -0.1) is 11.8 Å². The Morgan fingerprint density at radius 2 is 1.96 bits per heavy atom. The minimum atomic E-state index is -0.0426. The maximum absolute atomic E-state index is 12.7. The van der Waals surface area contributed by atoms with E-state index in [-0.39, 0.29) is 17.2 Å². The second-order valence-corrected chi connectivity index (χ2v) is 8.20. The molecular weight excluding hydrogens is 362 g/mol. The number of benzene rings is 1. The van der Waals surface area contributed by atoms with Crippen LogP contribution in [-0.2, 0) is 11.3 Å². The Hall–Kier alpha value is -2.25. The molecule has 0 unspecified atom stereocenters. The van der Waals surface area contributed by atoms with Crippen molar-refractivity contribution < 1.29 is 18.9 Å². The van der Waals surface area contributed by atoms with E-state index in [0.717, 1.165) is 37.5 Å². The molecule has 1 N–H and O–H groups in total. The fourth-order valence-corrected chi connectivity index (χ4v) is 4.72. The summed E-state index contributed by atoms with van der Waals surface area (Å²) in [5.74, 6) is 1.45. The summed E-state index contributed by atoms with van der Waals surface area (Å²) in [6, 6.07) is 11.4. The second kappa shape index (κ2) is 7.78. The lowest BCUT2D eigenvalue weighted by atomic mass is 10.1. The Kier molecular flexibility index (Phi) is 5.22. The summed E-state index contributed by atoms with van der Waals surface area (Å²) in [4.78, 5) is 30.2. The van der Waals surface area contributed by atoms with E-state index in [0.29, 0.717) is 17.9 Å². The first-order valence-electron chi connectivity index (χ1n) is 9.26. The molecule has 0 saturated carbocycles. The first kappa shape index (κ1) is 18.1. The van der Waals surface area contributed by atoms with Crippen LogP contribution in [0.2, 0.25) is 0 Å². The molecule has 0 bridgehead atoms. The highest BCUT2D eigenvalue weighted by Gasteiger charge is 2.33. The van der Waals surface area contributed by atoms with Gasteiger partial charge in [0.25, 0.3) is 5.91 Å². The molecule has 4 rings (SSSR count). The Morgan fingerprint density at radius 1 is 1.22 bits per heavy atom. The number of piperazine rings is 1. The molecule has 6 nitrogen and oxygen atoms in total. The maximum atomic E-state index is 12.7. The van der Waals surface area contributed by atoms with Gasteiger partial charge in [0.15, 0.2) is 0 Å². The largest absolute Gasteiger partial charge is 0.467 e. The van der Waals surface area contributed by atoms with Gasteiger partial charge in [-0.3, -0.25) is 9.59 Å². The number of nitrogens with one attached hydrogen (secondary N) is 1. The van der Waals surface area contributed by atoms with Crippen LogP contribution in [0.1, 0.15) is 27.1 Å². The smallest absolute Gasteiger partial charge is 0.254 e. The van der Waals surface area contributed by atoms with Crippen molar-refractivity contribution in [3.05, 3.63) is 59.5 Å². The topological polar surface area (TPSA) is 58.2 Å². The zero-order valence-corrected chi connectivity index (χ0v) is 16.2. The first-order valence-corrected chi connectivity index (χ1v) is 10.3. The molecule has 2 aromatic rings. The zero-order valence-electron chi connectivity index (χ0n) is 15.4. The molecule has 1 atom stereocenters. The number of amides is 2. The lowest BCUT2D eigenvalue weighted by Crippen LogP contribution is -3.12. The lowest BCUT2D eigenvalue weighted by Gasteiger charge is -2.30. The summed E-state index contributed by atoms with van der Waals surface area (Å²) < 4.78 is 5.40. The summed E-state index contributed by atoms with van der Waals surface area (Å²) in [6.45, 7) is 4.05. The molecule has 2 aliphatic heterocycles. The van der Waals surface area contributed by atoms with Crippen molar-refractivity contribution in [2.24, 2.45) is 0 Å². The number of furan rings is 1. The van der Waals surface area contributed by atoms with Crippen LogP contribution < -0.4 is 4.90 Å². The Balaban J connectivity index is 1.46. The SMILES string of the molecule is C[NH+]1CCN(C(=O)c2ccc([C@H]3SCC(=O)N3Cc3ccco3)cc2)CC1. The molecule has 27 heavy (non-hydrogen) atoms. The van der Waals surface area contributed by atoms with E-state index in [1.807, 2.05) is 46.2 Å². The van der Waals surface area contributed by atoms with Gasteiger partial charge in [0, 0.05) is 5.56 Å². The fraction of sp³-hybridized carbons (Fsp3) is 0.400. The number of quaternary nitrogens is 1. The number of hydrogen-bond donors (Lipinski definition) is 1. The molecule has 7 heteroatoms. The molecule has 2 aliphatic rings. The van der Waals surface area contributed by atoms with Crippen LogP contribution >= 0.6 is 11.8 Å². The highest BCUT2D eigenvalue weighted by molar-refractivity contribution is 8.00. The minimum Gasteiger partial charge on any atom is -0.467 e. The van der Waals surface area contributed by atoms with Crippen LogP contribution in [0.15, 0.2) is 47.1 Å². The van der Waals surface area contributed by atoms with E-state index < -0.39 is 0 Å². The van der Waals surface area contributed by atoms with Gasteiger partial charge in [-0.1, -0.05) is 12.1 Å². The lowest BCUT2D eigenvalue weighted by molar-refractivity contribution is -0.883. The molecule has 0 aliphatic carbocycles. The van der Waals surface area contributed by atoms with Crippen molar-refractivity contribution in [2.45, 2.75) is 11.9 Å². The van der Waals surface area contributed by atoms with Crippen LogP contribution in [0, 0.1) is 0 Å². The quantitative estimate of drug-likeness (QED) is 0.853. The number of carbonyl (C=O) groups is 2. The maximum Gasteiger partial charge on any atom is 0.254 e. The number of nitrogens with zero attached hydrogens (tertiary/aromatic N) is 2. The summed E-state index contributed by atoms with van der Waals surface area (Å²) in [6.07, 6.45) is 1.62. The molecule has 2 saturated heterocycles. The number of rotatable bonds is 4. The van der Waals surface area contributed by atoms with Gasteiger partial charge < -0.3 is 19.1 Å². The number of hydrogen-bond acceptors (Lipinski definition) is 4. The standard InChI is InChI=1S/C20H23N3O3S/c1-21-8-10-22(11-9-21)19(25)15-4-6-16(7-5-15)20-23(18(24)14-27-20)13-17-3-2-12-26-17/h2-7,12,20H,8-11,13-14H2,1H3/p+1/t20-/m1/s1. The molecule has 1 aromatic heterocycles. The molecule has 0 radical (unpaired) electrons. The van der Waals surface area contributed by atoms with Crippen molar-refractivity contribution in [1.29, 1.82) is 0 Å². The van der Waals surface area contributed by atoms with E-state index in [9.17, 15) is 9.59 Å². The Labute approximate surface area is 163 Å². The molecular formula is C20H24N3O3S+. The minimum absolute atomic E-state index is 0.0426. The van der Waals surface area contributed by atoms with E-state index in [1.165, 1.54) is 4.90 Å². The molecule has 2 amide bonds. The Bertz CT molecular complexity index is 798. The molecule has 142 valence electrons. The van der Waals surface area contributed by atoms with Crippen LogP contribution in [0.25, 0.3) is 0 Å². The highest BCUT2D eigenvalue weighted by atomic mass is 32.2. The number of carbonyl (C=O) groups excluding carboxylic acids is 2. The summed E-state index contributed by atoms with van der Waals surface area (Å²) >= 11 is 1.61. The normalized spacial score (nSPS) is 21.1. The van der Waals surface area contributed by atoms with Gasteiger partial charge in [0.2, 0.25) is 5.91 Å². The van der Waals surface area contributed by atoms with Gasteiger partial charge >= 0.3 is 0 Å². The van der Waals surface area contributed by atoms with Gasteiger partial charge in [-0.2, -0.15) is 0 Å². The van der Waals surface area contributed by atoms with Crippen molar-refractivity contribution >= 4 is 23.6 Å². The number of thioether (sulfide) groups is 1. The van der Waals surface area contributed by atoms with Crippen LogP contribution in [0.5, 0.6) is 0 Å². The van der Waals surface area contributed by atoms with E-state index in [2.05, 4.69) is 7.05 Å². The first-order chi connectivity index (χ1) is 13.1. The third-order valence-electron chi connectivity index (χ3n) is 5.22. The van der Waals surface area contributed by atoms with Gasteiger partial charge in [-0.05, 0) is 29.8 Å². The predicted octanol–water partition coefficient (Wildman–Crippen LogP) is 1.02. The summed E-state index contributed by atoms with van der Waals surface area (Å²) in [5.41, 5.74) is 1.75. The van der Waals surface area contributed by atoms with E-state index >= 15 is 0 Å². The molecule has 2 fully saturated rings. The average Bonchev–Trinajstić information content (AvgIpc) is 3.33. The number of likely N-dealkylation sites (N-methyl/N-ethyl adjacent to an activating group) is 1. The molecule has 1 aromatic carbocycles. The third-order valence-corrected chi connectivity index (χ3v) is 6.48. The average molecular weight is 386 g/mol. The van der Waals surface area contributed by atoms with Crippen LogP contribution in [0.4, 0.5) is 0 Å². The molecule has 3 heterocycles. The third kappa shape index (κ3) is 3.89. The fourth-order valence-electron chi connectivity index (χ4n) is 3.54. The summed E-state index contributed by atoms with van der Waals surface area (Å²) in [5, 5.41) is -0.0426. The zero-order chi connectivity index (χ0) is 18.8. The van der Waals surface area contributed by atoms with Gasteiger partial charge in [0.1, 0.15) is 11.1 Å². The van der Waals surface area contributed by atoms with E-state index in [4.69, 9.17) is 4.42 Å². The highest BCUT2D eigenvalue weighted by Crippen LogP contribution is 2.39. The Morgan fingerprint density at radius 3 is 2.63 bits per heavy atom. The summed E-state index contributed by atoms with van der Waals surface area (Å²) in [7, 11) is 2.16.